The van der Waals surface area contributed by atoms with Gasteiger partial charge in [0.2, 0.25) is 10.0 Å². The number of rotatable bonds is 8. The van der Waals surface area contributed by atoms with E-state index in [4.69, 9.17) is 4.74 Å². The number of carbonyl (C=O) groups is 1. The van der Waals surface area contributed by atoms with Crippen molar-refractivity contribution in [2.24, 2.45) is 11.8 Å². The van der Waals surface area contributed by atoms with E-state index in [1.807, 2.05) is 45.0 Å². The molecule has 6 nitrogen and oxygen atoms in total. The van der Waals surface area contributed by atoms with Gasteiger partial charge in [0, 0.05) is 6.42 Å². The monoisotopic (exact) mass is 445 g/mol. The van der Waals surface area contributed by atoms with E-state index in [9.17, 15) is 18.3 Å². The minimum absolute atomic E-state index is 0.160. The highest BCUT2D eigenvalue weighted by Crippen LogP contribution is 2.35. The van der Waals surface area contributed by atoms with E-state index in [0.29, 0.717) is 12.8 Å². The van der Waals surface area contributed by atoms with E-state index < -0.39 is 40.2 Å². The molecule has 31 heavy (non-hydrogen) atoms. The average Bonchev–Trinajstić information content (AvgIpc) is 3.03. The SMILES string of the molecule is Cc1ccc(S(=O)(=O)N[C@H]2c3ccccc3C[C@H]2OC(=O)[C@@H](C)[C@H](O)CC(C)C)cc1. The summed E-state index contributed by atoms with van der Waals surface area (Å²) in [5.41, 5.74) is 2.70. The van der Waals surface area contributed by atoms with Crippen molar-refractivity contribution in [3.8, 4) is 0 Å². The van der Waals surface area contributed by atoms with E-state index in [2.05, 4.69) is 4.72 Å². The summed E-state index contributed by atoms with van der Waals surface area (Å²) in [4.78, 5) is 12.9. The molecule has 168 valence electrons. The molecule has 0 aliphatic heterocycles. The van der Waals surface area contributed by atoms with Crippen molar-refractivity contribution in [3.05, 3.63) is 65.2 Å². The number of aryl methyl sites for hydroxylation is 1. The molecule has 0 spiro atoms. The van der Waals surface area contributed by atoms with Gasteiger partial charge in [-0.1, -0.05) is 55.8 Å². The average molecular weight is 446 g/mol. The molecule has 0 saturated carbocycles. The zero-order valence-corrected chi connectivity index (χ0v) is 19.2. The molecule has 0 heterocycles. The number of aliphatic hydroxyl groups excluding tert-OH is 1. The van der Waals surface area contributed by atoms with Gasteiger partial charge in [0.25, 0.3) is 0 Å². The van der Waals surface area contributed by atoms with Crippen molar-refractivity contribution < 1.29 is 23.1 Å². The summed E-state index contributed by atoms with van der Waals surface area (Å²) < 4.78 is 34.5. The lowest BCUT2D eigenvalue weighted by Crippen LogP contribution is -2.38. The highest BCUT2D eigenvalue weighted by Gasteiger charge is 2.39. The second-order valence-electron chi connectivity index (χ2n) is 8.78. The van der Waals surface area contributed by atoms with Crippen molar-refractivity contribution in [3.63, 3.8) is 0 Å². The van der Waals surface area contributed by atoms with Gasteiger partial charge >= 0.3 is 5.97 Å². The largest absolute Gasteiger partial charge is 0.460 e. The number of hydrogen-bond acceptors (Lipinski definition) is 5. The second-order valence-corrected chi connectivity index (χ2v) is 10.5. The summed E-state index contributed by atoms with van der Waals surface area (Å²) >= 11 is 0. The van der Waals surface area contributed by atoms with Crippen LogP contribution in [0.1, 0.15) is 49.9 Å². The summed E-state index contributed by atoms with van der Waals surface area (Å²) in [5, 5.41) is 10.3. The van der Waals surface area contributed by atoms with E-state index in [0.717, 1.165) is 16.7 Å². The van der Waals surface area contributed by atoms with Crippen LogP contribution < -0.4 is 4.72 Å². The Kier molecular flexibility index (Phi) is 7.19. The number of ether oxygens (including phenoxy) is 1. The zero-order chi connectivity index (χ0) is 22.8. The van der Waals surface area contributed by atoms with Gasteiger partial charge in [0.15, 0.2) is 0 Å². The van der Waals surface area contributed by atoms with Crippen LogP contribution in [0.15, 0.2) is 53.4 Å². The quantitative estimate of drug-likeness (QED) is 0.607. The van der Waals surface area contributed by atoms with E-state index in [-0.39, 0.29) is 10.8 Å². The first kappa shape index (κ1) is 23.4. The van der Waals surface area contributed by atoms with Crippen LogP contribution in [0.5, 0.6) is 0 Å². The number of carbonyl (C=O) groups excluding carboxylic acids is 1. The fourth-order valence-corrected chi connectivity index (χ4v) is 5.10. The van der Waals surface area contributed by atoms with Gasteiger partial charge in [-0.2, -0.15) is 4.72 Å². The molecular weight excluding hydrogens is 414 g/mol. The van der Waals surface area contributed by atoms with E-state index in [1.54, 1.807) is 31.2 Å². The Morgan fingerprint density at radius 2 is 1.77 bits per heavy atom. The molecule has 4 atom stereocenters. The molecule has 3 rings (SSSR count). The maximum atomic E-state index is 13.0. The maximum absolute atomic E-state index is 13.0. The number of aliphatic hydroxyl groups is 1. The first-order valence-corrected chi connectivity index (χ1v) is 12.1. The van der Waals surface area contributed by atoms with Crippen LogP contribution in [0, 0.1) is 18.8 Å². The number of hydrogen-bond donors (Lipinski definition) is 2. The Bertz CT molecular complexity index is 1020. The number of fused-ring (bicyclic) bond motifs is 1. The molecule has 2 N–H and O–H groups in total. The lowest BCUT2D eigenvalue weighted by Gasteiger charge is -2.25. The summed E-state index contributed by atoms with van der Waals surface area (Å²) in [6, 6.07) is 13.4. The zero-order valence-electron chi connectivity index (χ0n) is 18.4. The van der Waals surface area contributed by atoms with Gasteiger partial charge < -0.3 is 9.84 Å². The second kappa shape index (κ2) is 9.51. The van der Waals surface area contributed by atoms with Gasteiger partial charge in [-0.25, -0.2) is 8.42 Å². The molecule has 0 unspecified atom stereocenters. The molecule has 0 saturated heterocycles. The normalized spacial score (nSPS) is 20.3. The van der Waals surface area contributed by atoms with Crippen LogP contribution in [0.4, 0.5) is 0 Å². The van der Waals surface area contributed by atoms with Crippen molar-refractivity contribution >= 4 is 16.0 Å². The third kappa shape index (κ3) is 5.53. The van der Waals surface area contributed by atoms with Crippen LogP contribution >= 0.6 is 0 Å². The first-order valence-electron chi connectivity index (χ1n) is 10.6. The molecular formula is C24H31NO5S. The molecule has 1 aliphatic rings. The highest BCUT2D eigenvalue weighted by molar-refractivity contribution is 7.89. The maximum Gasteiger partial charge on any atom is 0.311 e. The number of benzene rings is 2. The third-order valence-electron chi connectivity index (χ3n) is 5.73. The van der Waals surface area contributed by atoms with E-state index >= 15 is 0 Å². The first-order chi connectivity index (χ1) is 14.6. The minimum atomic E-state index is -3.82. The lowest BCUT2D eigenvalue weighted by molar-refractivity contribution is -0.158. The fraction of sp³-hybridized carbons (Fsp3) is 0.458. The Labute approximate surface area is 184 Å². The van der Waals surface area contributed by atoms with Crippen molar-refractivity contribution in [1.29, 1.82) is 0 Å². The van der Waals surface area contributed by atoms with Crippen LogP contribution in [0.25, 0.3) is 0 Å². The van der Waals surface area contributed by atoms with Gasteiger partial charge in [-0.05, 0) is 49.4 Å². The lowest BCUT2D eigenvalue weighted by atomic mass is 9.96. The summed E-state index contributed by atoms with van der Waals surface area (Å²) in [6.45, 7) is 7.49. The van der Waals surface area contributed by atoms with E-state index in [1.165, 1.54) is 0 Å². The predicted molar refractivity (Wildman–Crippen MR) is 119 cm³/mol. The van der Waals surface area contributed by atoms with Crippen molar-refractivity contribution in [2.45, 2.75) is 63.7 Å². The van der Waals surface area contributed by atoms with Crippen LogP contribution in [-0.2, 0) is 26.0 Å². The van der Waals surface area contributed by atoms with Crippen molar-refractivity contribution in [2.75, 3.05) is 0 Å². The van der Waals surface area contributed by atoms with Crippen LogP contribution in [0.3, 0.4) is 0 Å². The third-order valence-corrected chi connectivity index (χ3v) is 7.18. The smallest absolute Gasteiger partial charge is 0.311 e. The highest BCUT2D eigenvalue weighted by atomic mass is 32.2. The van der Waals surface area contributed by atoms with Gasteiger partial charge in [-0.15, -0.1) is 0 Å². The van der Waals surface area contributed by atoms with Gasteiger partial charge in [0.1, 0.15) is 6.10 Å². The Morgan fingerprint density at radius 3 is 2.42 bits per heavy atom. The minimum Gasteiger partial charge on any atom is -0.460 e. The number of esters is 1. The molecule has 2 aromatic carbocycles. The molecule has 7 heteroatoms. The molecule has 0 aromatic heterocycles. The fourth-order valence-electron chi connectivity index (χ4n) is 3.86. The van der Waals surface area contributed by atoms with Crippen LogP contribution in [0.2, 0.25) is 0 Å². The number of nitrogens with one attached hydrogen (secondary N) is 1. The summed E-state index contributed by atoms with van der Waals surface area (Å²) in [7, 11) is -3.82. The van der Waals surface area contributed by atoms with Crippen LogP contribution in [-0.4, -0.2) is 31.7 Å². The standard InChI is InChI=1S/C24H31NO5S/c1-15(2)13-21(26)17(4)24(27)30-22-14-18-7-5-6-8-20(18)23(22)25-31(28,29)19-11-9-16(3)10-12-19/h5-12,15,17,21-23,25-26H,13-14H2,1-4H3/t17-,21+,22+,23-/m0/s1. The Balaban J connectivity index is 1.82. The molecule has 0 bridgehead atoms. The molecule has 0 fully saturated rings. The molecule has 0 radical (unpaired) electrons. The summed E-state index contributed by atoms with van der Waals surface area (Å²) in [6.07, 6.45) is -0.585. The molecule has 0 amide bonds. The molecule has 2 aromatic rings. The van der Waals surface area contributed by atoms with Gasteiger partial charge in [0.05, 0.1) is 23.0 Å². The number of sulfonamides is 1. The topological polar surface area (TPSA) is 92.7 Å². The molecule has 1 aliphatic carbocycles. The van der Waals surface area contributed by atoms with Crippen molar-refractivity contribution in [1.82, 2.24) is 4.72 Å². The Hall–Kier alpha value is -2.22. The Morgan fingerprint density at radius 1 is 1.13 bits per heavy atom. The predicted octanol–water partition coefficient (Wildman–Crippen LogP) is 3.53. The summed E-state index contributed by atoms with van der Waals surface area (Å²) in [5.74, 6) is -0.971. The van der Waals surface area contributed by atoms with Gasteiger partial charge in [-0.3, -0.25) is 4.79 Å².